The van der Waals surface area contributed by atoms with Crippen molar-refractivity contribution in [3.05, 3.63) is 0 Å². The maximum atomic E-state index is 10.5. The number of morpholine rings is 1. The van der Waals surface area contributed by atoms with Gasteiger partial charge in [0.1, 0.15) is 0 Å². The third-order valence-electron chi connectivity index (χ3n) is 2.52. The predicted molar refractivity (Wildman–Crippen MR) is 42.1 cm³/mol. The van der Waals surface area contributed by atoms with E-state index >= 15 is 0 Å². The van der Waals surface area contributed by atoms with Crippen LogP contribution in [-0.2, 0) is 9.53 Å². The van der Waals surface area contributed by atoms with Crippen LogP contribution in [0.2, 0.25) is 0 Å². The highest BCUT2D eigenvalue weighted by Gasteiger charge is 2.38. The fraction of sp³-hybridized carbons (Fsp3) is 0.857. The van der Waals surface area contributed by atoms with E-state index in [0.717, 1.165) is 13.0 Å². The molecule has 2 heterocycles. The fourth-order valence-corrected chi connectivity index (χ4v) is 1.83. The van der Waals surface area contributed by atoms with Gasteiger partial charge in [-0.2, -0.15) is 0 Å². The van der Waals surface area contributed by atoms with Gasteiger partial charge < -0.3 is 9.64 Å². The summed E-state index contributed by atoms with van der Waals surface area (Å²) in [6.07, 6.45) is 0.976. The molecule has 0 aromatic carbocycles. The molecule has 0 aromatic rings. The Kier molecular flexibility index (Phi) is 2.00. The van der Waals surface area contributed by atoms with E-state index in [1.165, 1.54) is 0 Å². The summed E-state index contributed by atoms with van der Waals surface area (Å²) in [6, 6.07) is 0.198. The molecular formula is C7H13N3O2. The lowest BCUT2D eigenvalue weighted by Crippen LogP contribution is -2.54. The van der Waals surface area contributed by atoms with Crippen LogP contribution in [0, 0.1) is 0 Å². The van der Waals surface area contributed by atoms with Crippen molar-refractivity contribution < 1.29 is 9.53 Å². The summed E-state index contributed by atoms with van der Waals surface area (Å²) in [5, 5.41) is 1.78. The molecule has 2 N–H and O–H groups in total. The van der Waals surface area contributed by atoms with E-state index in [1.807, 2.05) is 0 Å². The average molecular weight is 171 g/mol. The van der Waals surface area contributed by atoms with Crippen LogP contribution in [0.4, 0.5) is 0 Å². The molecule has 2 aliphatic rings. The van der Waals surface area contributed by atoms with Crippen LogP contribution in [0.5, 0.6) is 0 Å². The van der Waals surface area contributed by atoms with E-state index in [0.29, 0.717) is 19.7 Å². The minimum Gasteiger partial charge on any atom is -0.373 e. The topological polar surface area (TPSA) is 58.8 Å². The number of fused-ring (bicyclic) bond motifs is 1. The van der Waals surface area contributed by atoms with Gasteiger partial charge in [0, 0.05) is 19.6 Å². The number of carbonyl (C=O) groups excluding carboxylic acids is 1. The average Bonchev–Trinajstić information content (AvgIpc) is 2.49. The Labute approximate surface area is 71.0 Å². The third kappa shape index (κ3) is 1.20. The molecule has 0 spiro atoms. The van der Waals surface area contributed by atoms with Crippen LogP contribution >= 0.6 is 0 Å². The van der Waals surface area contributed by atoms with Crippen LogP contribution in [-0.4, -0.2) is 54.7 Å². The number of amides is 1. The normalized spacial score (nSPS) is 36.6. The first-order chi connectivity index (χ1) is 5.81. The van der Waals surface area contributed by atoms with Crippen LogP contribution < -0.4 is 5.84 Å². The number of hydrazine groups is 1. The molecule has 2 atom stereocenters. The van der Waals surface area contributed by atoms with Gasteiger partial charge >= 0.3 is 0 Å². The number of hydrogen-bond acceptors (Lipinski definition) is 4. The second-order valence-electron chi connectivity index (χ2n) is 3.27. The summed E-state index contributed by atoms with van der Waals surface area (Å²) >= 11 is 0. The number of carbonyl (C=O) groups is 1. The SMILES string of the molecule is NN1CCOC2CN(C=O)CC21. The molecule has 5 heteroatoms. The molecular weight excluding hydrogens is 158 g/mol. The molecule has 0 aromatic heterocycles. The van der Waals surface area contributed by atoms with E-state index < -0.39 is 0 Å². The van der Waals surface area contributed by atoms with E-state index in [2.05, 4.69) is 0 Å². The molecule has 5 nitrogen and oxygen atoms in total. The Balaban J connectivity index is 2.03. The minimum atomic E-state index is 0.119. The highest BCUT2D eigenvalue weighted by atomic mass is 16.5. The lowest BCUT2D eigenvalue weighted by atomic mass is 10.2. The van der Waals surface area contributed by atoms with Crippen molar-refractivity contribution in [1.82, 2.24) is 9.91 Å². The van der Waals surface area contributed by atoms with E-state index in [-0.39, 0.29) is 12.1 Å². The number of nitrogens with two attached hydrogens (primary N) is 1. The van der Waals surface area contributed by atoms with Gasteiger partial charge in [-0.25, -0.2) is 5.01 Å². The van der Waals surface area contributed by atoms with Crippen molar-refractivity contribution in [3.63, 3.8) is 0 Å². The molecule has 0 aliphatic carbocycles. The Morgan fingerprint density at radius 1 is 1.50 bits per heavy atom. The quantitative estimate of drug-likeness (QED) is 0.381. The van der Waals surface area contributed by atoms with Gasteiger partial charge in [0.05, 0.1) is 18.8 Å². The second kappa shape index (κ2) is 3.01. The van der Waals surface area contributed by atoms with E-state index in [9.17, 15) is 4.79 Å². The summed E-state index contributed by atoms with van der Waals surface area (Å²) in [6.45, 7) is 2.81. The summed E-state index contributed by atoms with van der Waals surface area (Å²) in [5.41, 5.74) is 0. The van der Waals surface area contributed by atoms with Crippen molar-refractivity contribution in [2.24, 2.45) is 5.84 Å². The molecule has 2 fully saturated rings. The Hall–Kier alpha value is -0.650. The van der Waals surface area contributed by atoms with Crippen molar-refractivity contribution >= 4 is 6.41 Å². The lowest BCUT2D eigenvalue weighted by molar-refractivity contribution is -0.117. The first-order valence-electron chi connectivity index (χ1n) is 4.13. The van der Waals surface area contributed by atoms with Gasteiger partial charge in [-0.15, -0.1) is 0 Å². The highest BCUT2D eigenvalue weighted by molar-refractivity contribution is 5.48. The predicted octanol–water partition coefficient (Wildman–Crippen LogP) is -1.60. The summed E-state index contributed by atoms with van der Waals surface area (Å²) < 4.78 is 5.48. The van der Waals surface area contributed by atoms with Gasteiger partial charge in [0.25, 0.3) is 0 Å². The fourth-order valence-electron chi connectivity index (χ4n) is 1.83. The molecule has 2 rings (SSSR count). The standard InChI is InChI=1S/C7H13N3O2/c8-10-1-2-12-7-4-9(5-11)3-6(7)10/h5-7H,1-4,8H2. The zero-order valence-corrected chi connectivity index (χ0v) is 6.85. The third-order valence-corrected chi connectivity index (χ3v) is 2.52. The van der Waals surface area contributed by atoms with Crippen LogP contribution in [0.25, 0.3) is 0 Å². The second-order valence-corrected chi connectivity index (χ2v) is 3.27. The van der Waals surface area contributed by atoms with Gasteiger partial charge in [-0.05, 0) is 0 Å². The number of rotatable bonds is 1. The number of ether oxygens (including phenoxy) is 1. The minimum absolute atomic E-state index is 0.119. The molecule has 0 saturated carbocycles. The molecule has 12 heavy (non-hydrogen) atoms. The monoisotopic (exact) mass is 171 g/mol. The summed E-state index contributed by atoms with van der Waals surface area (Å²) in [4.78, 5) is 12.2. The number of nitrogens with zero attached hydrogens (tertiary/aromatic N) is 2. The Morgan fingerprint density at radius 3 is 3.00 bits per heavy atom. The number of likely N-dealkylation sites (tertiary alicyclic amines) is 1. The molecule has 2 aliphatic heterocycles. The maximum Gasteiger partial charge on any atom is 0.209 e. The van der Waals surface area contributed by atoms with Crippen molar-refractivity contribution in [2.45, 2.75) is 12.1 Å². The molecule has 2 saturated heterocycles. The Morgan fingerprint density at radius 2 is 2.33 bits per heavy atom. The van der Waals surface area contributed by atoms with Crippen LogP contribution in [0.15, 0.2) is 0 Å². The van der Waals surface area contributed by atoms with Gasteiger partial charge in [-0.1, -0.05) is 0 Å². The van der Waals surface area contributed by atoms with Gasteiger partial charge in [-0.3, -0.25) is 10.6 Å². The van der Waals surface area contributed by atoms with E-state index in [4.69, 9.17) is 10.6 Å². The van der Waals surface area contributed by atoms with Crippen molar-refractivity contribution in [3.8, 4) is 0 Å². The lowest BCUT2D eigenvalue weighted by Gasteiger charge is -2.32. The largest absolute Gasteiger partial charge is 0.373 e. The Bertz CT molecular complexity index is 187. The first-order valence-corrected chi connectivity index (χ1v) is 4.13. The summed E-state index contributed by atoms with van der Waals surface area (Å²) in [5.74, 6) is 5.75. The molecule has 1 amide bonds. The smallest absolute Gasteiger partial charge is 0.209 e. The molecule has 68 valence electrons. The van der Waals surface area contributed by atoms with Crippen LogP contribution in [0.3, 0.4) is 0 Å². The van der Waals surface area contributed by atoms with Gasteiger partial charge in [0.15, 0.2) is 0 Å². The maximum absolute atomic E-state index is 10.5. The van der Waals surface area contributed by atoms with E-state index in [1.54, 1.807) is 9.91 Å². The molecule has 2 unspecified atom stereocenters. The first kappa shape index (κ1) is 7.97. The van der Waals surface area contributed by atoms with Crippen LogP contribution in [0.1, 0.15) is 0 Å². The van der Waals surface area contributed by atoms with Gasteiger partial charge in [0.2, 0.25) is 6.41 Å². The highest BCUT2D eigenvalue weighted by Crippen LogP contribution is 2.18. The van der Waals surface area contributed by atoms with Crippen molar-refractivity contribution in [2.75, 3.05) is 26.2 Å². The zero-order chi connectivity index (χ0) is 8.55. The summed E-state index contributed by atoms with van der Waals surface area (Å²) in [7, 11) is 0. The number of hydrogen-bond donors (Lipinski definition) is 1. The molecule has 0 bridgehead atoms. The molecule has 0 radical (unpaired) electrons. The van der Waals surface area contributed by atoms with Crippen molar-refractivity contribution in [1.29, 1.82) is 0 Å². The zero-order valence-electron chi connectivity index (χ0n) is 6.85.